The minimum absolute atomic E-state index is 0.0312. The Bertz CT molecular complexity index is 868. The third kappa shape index (κ3) is 5.81. The summed E-state index contributed by atoms with van der Waals surface area (Å²) in [6.07, 6.45) is 1.59. The van der Waals surface area contributed by atoms with Crippen molar-refractivity contribution in [3.8, 4) is 0 Å². The van der Waals surface area contributed by atoms with Gasteiger partial charge < -0.3 is 14.2 Å². The highest BCUT2D eigenvalue weighted by Crippen LogP contribution is 2.08. The van der Waals surface area contributed by atoms with E-state index >= 15 is 0 Å². The lowest BCUT2D eigenvalue weighted by Gasteiger charge is -2.13. The average Bonchev–Trinajstić information content (AvgIpc) is 2.60. The normalized spacial score (nSPS) is 11.0. The molecule has 11 heteroatoms. The fraction of sp³-hybridized carbons (Fsp3) is 0.438. The second kappa shape index (κ2) is 10.3. The maximum absolute atomic E-state index is 12.6. The highest BCUT2D eigenvalue weighted by molar-refractivity contribution is 6.30. The zero-order chi connectivity index (χ0) is 20.6. The number of rotatable bonds is 8. The highest BCUT2D eigenvalue weighted by Gasteiger charge is 2.22. The fourth-order valence-corrected chi connectivity index (χ4v) is 2.14. The van der Waals surface area contributed by atoms with Crippen molar-refractivity contribution in [3.05, 3.63) is 38.1 Å². The van der Waals surface area contributed by atoms with Crippen LogP contribution in [0.15, 0.2) is 21.9 Å². The van der Waals surface area contributed by atoms with Crippen LogP contribution in [0.1, 0.15) is 20.8 Å². The molecule has 0 amide bonds. The van der Waals surface area contributed by atoms with Crippen LogP contribution < -0.4 is 11.2 Å². The molecule has 0 fully saturated rings. The van der Waals surface area contributed by atoms with Gasteiger partial charge >= 0.3 is 23.6 Å². The molecule has 1 aromatic heterocycles. The van der Waals surface area contributed by atoms with Gasteiger partial charge in [0.1, 0.15) is 17.3 Å². The minimum Gasteiger partial charge on any atom is -0.465 e. The molecule has 0 aliphatic carbocycles. The minimum atomic E-state index is -1.08. The topological polar surface area (TPSA) is 123 Å². The number of carbonyl (C=O) groups excluding carboxylic acids is 3. The molecule has 0 saturated heterocycles. The van der Waals surface area contributed by atoms with Gasteiger partial charge in [0, 0.05) is 6.20 Å². The number of nitrogens with zero attached hydrogens (tertiary/aromatic N) is 2. The smallest absolute Gasteiger partial charge is 0.355 e. The van der Waals surface area contributed by atoms with Crippen molar-refractivity contribution in [3.63, 3.8) is 0 Å². The van der Waals surface area contributed by atoms with Crippen molar-refractivity contribution in [2.45, 2.75) is 27.3 Å². The van der Waals surface area contributed by atoms with Gasteiger partial charge in [-0.1, -0.05) is 11.6 Å². The van der Waals surface area contributed by atoms with E-state index < -0.39 is 46.4 Å². The summed E-state index contributed by atoms with van der Waals surface area (Å²) in [6.45, 7) is 3.95. The average molecular weight is 403 g/mol. The van der Waals surface area contributed by atoms with Gasteiger partial charge in [0.2, 0.25) is 0 Å². The zero-order valence-corrected chi connectivity index (χ0v) is 15.8. The van der Waals surface area contributed by atoms with Gasteiger partial charge in [-0.3, -0.25) is 14.2 Å². The number of aromatic nitrogens is 2. The first-order chi connectivity index (χ1) is 12.8. The zero-order valence-electron chi connectivity index (χ0n) is 15.0. The number of halogens is 1. The van der Waals surface area contributed by atoms with E-state index in [0.29, 0.717) is 9.13 Å². The van der Waals surface area contributed by atoms with Crippen LogP contribution in [0.4, 0.5) is 0 Å². The molecule has 10 nitrogen and oxygen atoms in total. The maximum Gasteiger partial charge on any atom is 0.355 e. The van der Waals surface area contributed by atoms with Crippen LogP contribution in [-0.2, 0) is 35.1 Å². The predicted octanol–water partition coefficient (Wildman–Crippen LogP) is 0.194. The van der Waals surface area contributed by atoms with Gasteiger partial charge in [-0.2, -0.15) is 0 Å². The van der Waals surface area contributed by atoms with Crippen molar-refractivity contribution in [2.75, 3.05) is 19.8 Å². The lowest BCUT2D eigenvalue weighted by molar-refractivity contribution is -0.144. The van der Waals surface area contributed by atoms with Gasteiger partial charge in [-0.05, 0) is 20.8 Å². The van der Waals surface area contributed by atoms with E-state index in [1.54, 1.807) is 13.8 Å². The van der Waals surface area contributed by atoms with Crippen LogP contribution in [0.5, 0.6) is 0 Å². The lowest BCUT2D eigenvalue weighted by Crippen LogP contribution is -2.42. The quantitative estimate of drug-likeness (QED) is 0.343. The molecule has 1 rings (SSSR count). The molecule has 0 aliphatic rings. The number of esters is 3. The Balaban J connectivity index is 3.59. The first-order valence-electron chi connectivity index (χ1n) is 8.00. The summed E-state index contributed by atoms with van der Waals surface area (Å²) in [5, 5.41) is -0.460. The summed E-state index contributed by atoms with van der Waals surface area (Å²) in [5.41, 5.74) is -2.56. The van der Waals surface area contributed by atoms with E-state index in [2.05, 4.69) is 0 Å². The van der Waals surface area contributed by atoms with Crippen molar-refractivity contribution < 1.29 is 28.6 Å². The second-order valence-electron chi connectivity index (χ2n) is 4.83. The number of hydrogen-bond donors (Lipinski definition) is 0. The Labute approximate surface area is 158 Å². The van der Waals surface area contributed by atoms with Crippen LogP contribution in [0.3, 0.4) is 0 Å². The van der Waals surface area contributed by atoms with Gasteiger partial charge in [-0.25, -0.2) is 19.0 Å². The maximum atomic E-state index is 12.6. The standard InChI is InChI=1S/C16H19ClN2O8/c1-4-25-12(20)7-11(15(23)27-6-3)18-8-10(17)14(22)19(16(18)24)9-13(21)26-5-2/h7-8H,4-6,9H2,1-3H3/b11-7+. The SMILES string of the molecule is CCOC(=O)/C=C(\C(=O)OCC)n1cc(Cl)c(=O)n(CC(=O)OCC)c1=O. The van der Waals surface area contributed by atoms with Gasteiger partial charge in [0.25, 0.3) is 5.56 Å². The monoisotopic (exact) mass is 402 g/mol. The molecular weight excluding hydrogens is 384 g/mol. The number of hydrogen-bond acceptors (Lipinski definition) is 8. The van der Waals surface area contributed by atoms with E-state index in [1.165, 1.54) is 6.92 Å². The third-order valence-electron chi connectivity index (χ3n) is 3.01. The molecule has 0 bridgehead atoms. The summed E-state index contributed by atoms with van der Waals surface area (Å²) in [7, 11) is 0. The Kier molecular flexibility index (Phi) is 8.46. The highest BCUT2D eigenvalue weighted by atomic mass is 35.5. The largest absolute Gasteiger partial charge is 0.465 e. The van der Waals surface area contributed by atoms with E-state index in [-0.39, 0.29) is 19.8 Å². The summed E-state index contributed by atoms with van der Waals surface area (Å²) in [5.74, 6) is -2.78. The van der Waals surface area contributed by atoms with Crippen LogP contribution >= 0.6 is 11.6 Å². The Morgan fingerprint density at radius 1 is 1.04 bits per heavy atom. The number of ether oxygens (including phenoxy) is 3. The van der Waals surface area contributed by atoms with Gasteiger partial charge in [-0.15, -0.1) is 0 Å². The molecule has 1 heterocycles. The summed E-state index contributed by atoms with van der Waals surface area (Å²) in [6, 6.07) is 0. The van der Waals surface area contributed by atoms with E-state index in [0.717, 1.165) is 12.3 Å². The molecule has 0 aromatic carbocycles. The van der Waals surface area contributed by atoms with Crippen LogP contribution in [0.25, 0.3) is 5.70 Å². The molecular formula is C16H19ClN2O8. The van der Waals surface area contributed by atoms with Gasteiger partial charge in [0.15, 0.2) is 0 Å². The fourth-order valence-electron chi connectivity index (χ4n) is 1.94. The molecule has 0 unspecified atom stereocenters. The van der Waals surface area contributed by atoms with E-state index in [4.69, 9.17) is 25.8 Å². The third-order valence-corrected chi connectivity index (χ3v) is 3.27. The molecule has 0 spiro atoms. The Hall–Kier alpha value is -2.88. The lowest BCUT2D eigenvalue weighted by atomic mass is 10.3. The Morgan fingerprint density at radius 3 is 2.19 bits per heavy atom. The van der Waals surface area contributed by atoms with Crippen LogP contribution in [0.2, 0.25) is 5.02 Å². The van der Waals surface area contributed by atoms with Crippen LogP contribution in [-0.4, -0.2) is 46.9 Å². The van der Waals surface area contributed by atoms with E-state index in [1.807, 2.05) is 0 Å². The molecule has 27 heavy (non-hydrogen) atoms. The van der Waals surface area contributed by atoms with Crippen molar-refractivity contribution >= 4 is 35.2 Å². The van der Waals surface area contributed by atoms with Crippen molar-refractivity contribution in [1.82, 2.24) is 9.13 Å². The predicted molar refractivity (Wildman–Crippen MR) is 94.1 cm³/mol. The summed E-state index contributed by atoms with van der Waals surface area (Å²) < 4.78 is 15.4. The van der Waals surface area contributed by atoms with Crippen molar-refractivity contribution in [2.24, 2.45) is 0 Å². The molecule has 1 aromatic rings. The second-order valence-corrected chi connectivity index (χ2v) is 5.24. The first-order valence-corrected chi connectivity index (χ1v) is 8.38. The Morgan fingerprint density at radius 2 is 1.63 bits per heavy atom. The first kappa shape index (κ1) is 22.2. The molecule has 0 aliphatic heterocycles. The van der Waals surface area contributed by atoms with Gasteiger partial charge in [0.05, 0.1) is 25.9 Å². The summed E-state index contributed by atoms with van der Waals surface area (Å²) >= 11 is 5.83. The molecule has 148 valence electrons. The molecule has 0 radical (unpaired) electrons. The molecule has 0 saturated carbocycles. The van der Waals surface area contributed by atoms with Crippen LogP contribution in [0, 0.1) is 0 Å². The molecule has 0 atom stereocenters. The number of carbonyl (C=O) groups is 3. The molecule has 0 N–H and O–H groups in total. The summed E-state index contributed by atoms with van der Waals surface area (Å²) in [4.78, 5) is 60.3. The van der Waals surface area contributed by atoms with Crippen molar-refractivity contribution in [1.29, 1.82) is 0 Å². The van der Waals surface area contributed by atoms with E-state index in [9.17, 15) is 24.0 Å².